The maximum Gasteiger partial charge on any atom is 0.0866 e. The Morgan fingerprint density at radius 3 is 2.61 bits per heavy atom. The van der Waals surface area contributed by atoms with Crippen LogP contribution in [0.4, 0.5) is 0 Å². The van der Waals surface area contributed by atoms with Gasteiger partial charge in [0.25, 0.3) is 0 Å². The molecule has 0 saturated carbocycles. The van der Waals surface area contributed by atoms with Gasteiger partial charge in [0.2, 0.25) is 0 Å². The Balaban J connectivity index is 2.05. The average molecular weight is 247 g/mol. The molecule has 1 saturated heterocycles. The van der Waals surface area contributed by atoms with Crippen molar-refractivity contribution in [1.82, 2.24) is 5.32 Å². The minimum Gasteiger partial charge on any atom is -0.373 e. The third-order valence-corrected chi connectivity index (χ3v) is 3.80. The van der Waals surface area contributed by atoms with Crippen LogP contribution in [-0.4, -0.2) is 19.7 Å². The quantitative estimate of drug-likeness (QED) is 0.860. The van der Waals surface area contributed by atoms with Crippen LogP contribution in [0.25, 0.3) is 0 Å². The molecule has 100 valence electrons. The second-order valence-corrected chi connectivity index (χ2v) is 5.47. The third-order valence-electron chi connectivity index (χ3n) is 3.80. The van der Waals surface area contributed by atoms with Crippen LogP contribution < -0.4 is 5.32 Å². The van der Waals surface area contributed by atoms with Crippen LogP contribution in [0.3, 0.4) is 0 Å². The van der Waals surface area contributed by atoms with Gasteiger partial charge in [0, 0.05) is 19.1 Å². The van der Waals surface area contributed by atoms with Gasteiger partial charge < -0.3 is 10.1 Å². The van der Waals surface area contributed by atoms with Crippen molar-refractivity contribution in [1.29, 1.82) is 0 Å². The second kappa shape index (κ2) is 6.35. The van der Waals surface area contributed by atoms with Crippen LogP contribution in [0.15, 0.2) is 24.3 Å². The highest BCUT2D eigenvalue weighted by Crippen LogP contribution is 2.34. The third kappa shape index (κ3) is 3.12. The highest BCUT2D eigenvalue weighted by Gasteiger charge is 2.29. The van der Waals surface area contributed by atoms with Gasteiger partial charge in [0.15, 0.2) is 0 Å². The van der Waals surface area contributed by atoms with E-state index in [4.69, 9.17) is 4.74 Å². The minimum absolute atomic E-state index is 0.283. The summed E-state index contributed by atoms with van der Waals surface area (Å²) in [4.78, 5) is 0. The molecule has 0 amide bonds. The molecule has 2 nitrogen and oxygen atoms in total. The smallest absolute Gasteiger partial charge is 0.0866 e. The first-order valence-electron chi connectivity index (χ1n) is 7.14. The molecule has 1 fully saturated rings. The van der Waals surface area contributed by atoms with Crippen molar-refractivity contribution < 1.29 is 4.74 Å². The molecule has 0 radical (unpaired) electrons. The second-order valence-electron chi connectivity index (χ2n) is 5.47. The summed E-state index contributed by atoms with van der Waals surface area (Å²) in [5.41, 5.74) is 2.74. The van der Waals surface area contributed by atoms with Crippen LogP contribution in [0, 0.1) is 5.92 Å². The number of nitrogens with one attached hydrogen (secondary N) is 1. The molecule has 1 aliphatic rings. The minimum atomic E-state index is 0.283. The SMILES string of the molecule is CCNCC1CCOC1c1ccc(C(C)C)cc1. The lowest BCUT2D eigenvalue weighted by molar-refractivity contribution is 0.0906. The lowest BCUT2D eigenvalue weighted by Crippen LogP contribution is -2.24. The van der Waals surface area contributed by atoms with Gasteiger partial charge in [-0.25, -0.2) is 0 Å². The zero-order valence-corrected chi connectivity index (χ0v) is 11.8. The predicted octanol–water partition coefficient (Wildman–Crippen LogP) is 3.50. The number of hydrogen-bond acceptors (Lipinski definition) is 2. The summed E-state index contributed by atoms with van der Waals surface area (Å²) in [5, 5.41) is 3.44. The van der Waals surface area contributed by atoms with E-state index in [-0.39, 0.29) is 6.10 Å². The Labute approximate surface area is 111 Å². The molecule has 0 aromatic heterocycles. The van der Waals surface area contributed by atoms with E-state index in [2.05, 4.69) is 50.4 Å². The lowest BCUT2D eigenvalue weighted by atomic mass is 9.93. The molecule has 2 unspecified atom stereocenters. The van der Waals surface area contributed by atoms with E-state index < -0.39 is 0 Å². The van der Waals surface area contributed by atoms with E-state index in [0.29, 0.717) is 11.8 Å². The van der Waals surface area contributed by atoms with E-state index in [1.54, 1.807) is 0 Å². The zero-order valence-electron chi connectivity index (χ0n) is 11.8. The first kappa shape index (κ1) is 13.6. The Bertz CT molecular complexity index is 358. The Hall–Kier alpha value is -0.860. The number of benzene rings is 1. The van der Waals surface area contributed by atoms with Gasteiger partial charge in [-0.1, -0.05) is 45.0 Å². The van der Waals surface area contributed by atoms with Gasteiger partial charge in [-0.2, -0.15) is 0 Å². The molecule has 0 aliphatic carbocycles. The molecule has 1 heterocycles. The maximum absolute atomic E-state index is 5.91. The average Bonchev–Trinajstić information content (AvgIpc) is 2.84. The molecular formula is C16H25NO. The van der Waals surface area contributed by atoms with Gasteiger partial charge in [0.05, 0.1) is 6.10 Å². The monoisotopic (exact) mass is 247 g/mol. The summed E-state index contributed by atoms with van der Waals surface area (Å²) in [7, 11) is 0. The summed E-state index contributed by atoms with van der Waals surface area (Å²) < 4.78 is 5.91. The normalized spacial score (nSPS) is 23.8. The molecule has 0 bridgehead atoms. The molecule has 2 atom stereocenters. The van der Waals surface area contributed by atoms with E-state index in [0.717, 1.165) is 19.7 Å². The number of ether oxygens (including phenoxy) is 1. The van der Waals surface area contributed by atoms with E-state index in [1.165, 1.54) is 17.5 Å². The van der Waals surface area contributed by atoms with Crippen LogP contribution in [0.1, 0.15) is 50.3 Å². The molecule has 1 aliphatic heterocycles. The fraction of sp³-hybridized carbons (Fsp3) is 0.625. The van der Waals surface area contributed by atoms with Crippen molar-refractivity contribution in [3.8, 4) is 0 Å². The van der Waals surface area contributed by atoms with E-state index in [1.807, 2.05) is 0 Å². The fourth-order valence-electron chi connectivity index (χ4n) is 2.61. The maximum atomic E-state index is 5.91. The van der Waals surface area contributed by atoms with Crippen molar-refractivity contribution in [3.05, 3.63) is 35.4 Å². The molecule has 1 N–H and O–H groups in total. The standard InChI is InChI=1S/C16H25NO/c1-4-17-11-15-9-10-18-16(15)14-7-5-13(6-8-14)12(2)3/h5-8,12,15-17H,4,9-11H2,1-3H3. The van der Waals surface area contributed by atoms with Gasteiger partial charge in [0.1, 0.15) is 0 Å². The van der Waals surface area contributed by atoms with Crippen molar-refractivity contribution >= 4 is 0 Å². The molecule has 2 heteroatoms. The summed E-state index contributed by atoms with van der Waals surface area (Å²) in [6.45, 7) is 9.61. The summed E-state index contributed by atoms with van der Waals surface area (Å²) in [6.07, 6.45) is 1.45. The molecule has 18 heavy (non-hydrogen) atoms. The Morgan fingerprint density at radius 1 is 1.28 bits per heavy atom. The van der Waals surface area contributed by atoms with Crippen molar-refractivity contribution in [2.45, 2.75) is 39.2 Å². The number of hydrogen-bond donors (Lipinski definition) is 1. The molecule has 2 rings (SSSR count). The molecule has 1 aromatic carbocycles. The van der Waals surface area contributed by atoms with E-state index in [9.17, 15) is 0 Å². The lowest BCUT2D eigenvalue weighted by Gasteiger charge is -2.19. The first-order valence-corrected chi connectivity index (χ1v) is 7.14. The summed E-state index contributed by atoms with van der Waals surface area (Å²) in [6, 6.07) is 8.96. The van der Waals surface area contributed by atoms with E-state index >= 15 is 0 Å². The van der Waals surface area contributed by atoms with Gasteiger partial charge in [-0.3, -0.25) is 0 Å². The Morgan fingerprint density at radius 2 is 2.00 bits per heavy atom. The molecule has 0 spiro atoms. The van der Waals surface area contributed by atoms with Crippen LogP contribution >= 0.6 is 0 Å². The molecule has 1 aromatic rings. The highest BCUT2D eigenvalue weighted by molar-refractivity contribution is 5.27. The summed E-state index contributed by atoms with van der Waals surface area (Å²) in [5.74, 6) is 1.22. The van der Waals surface area contributed by atoms with Gasteiger partial charge >= 0.3 is 0 Å². The first-order chi connectivity index (χ1) is 8.72. The van der Waals surface area contributed by atoms with Crippen LogP contribution in [-0.2, 0) is 4.74 Å². The highest BCUT2D eigenvalue weighted by atomic mass is 16.5. The van der Waals surface area contributed by atoms with Crippen LogP contribution in [0.2, 0.25) is 0 Å². The summed E-state index contributed by atoms with van der Waals surface area (Å²) >= 11 is 0. The predicted molar refractivity (Wildman–Crippen MR) is 75.9 cm³/mol. The molecular weight excluding hydrogens is 222 g/mol. The van der Waals surface area contributed by atoms with Crippen molar-refractivity contribution in [2.24, 2.45) is 5.92 Å². The van der Waals surface area contributed by atoms with Crippen molar-refractivity contribution in [2.75, 3.05) is 19.7 Å². The fourth-order valence-corrected chi connectivity index (χ4v) is 2.61. The largest absolute Gasteiger partial charge is 0.373 e. The number of rotatable bonds is 5. The van der Waals surface area contributed by atoms with Crippen LogP contribution in [0.5, 0.6) is 0 Å². The van der Waals surface area contributed by atoms with Gasteiger partial charge in [-0.15, -0.1) is 0 Å². The van der Waals surface area contributed by atoms with Crippen molar-refractivity contribution in [3.63, 3.8) is 0 Å². The topological polar surface area (TPSA) is 21.3 Å². The Kier molecular flexibility index (Phi) is 4.79. The zero-order chi connectivity index (χ0) is 13.0. The van der Waals surface area contributed by atoms with Gasteiger partial charge in [-0.05, 0) is 30.0 Å².